The first-order valence-electron chi connectivity index (χ1n) is 5.99. The van der Waals surface area contributed by atoms with Gasteiger partial charge in [-0.25, -0.2) is 4.98 Å². The summed E-state index contributed by atoms with van der Waals surface area (Å²) < 4.78 is 4.28. The molecule has 1 aromatic rings. The topological polar surface area (TPSA) is 49.8 Å². The van der Waals surface area contributed by atoms with Crippen molar-refractivity contribution in [2.24, 2.45) is 5.41 Å². The Balaban J connectivity index is 1.86. The Hall–Kier alpha value is -0.680. The molecule has 1 fully saturated rings. The number of nitrogens with zero attached hydrogens (tertiary/aromatic N) is 2. The van der Waals surface area contributed by atoms with Gasteiger partial charge in [-0.15, -0.1) is 0 Å². The van der Waals surface area contributed by atoms with Gasteiger partial charge in [-0.2, -0.15) is 4.37 Å². The molecule has 1 aliphatic rings. The highest BCUT2D eigenvalue weighted by molar-refractivity contribution is 7.09. The molecule has 0 aliphatic carbocycles. The number of rotatable bonds is 4. The van der Waals surface area contributed by atoms with Crippen molar-refractivity contribution in [1.29, 1.82) is 0 Å². The molecule has 2 N–H and O–H groups in total. The third kappa shape index (κ3) is 2.92. The smallest absolute Gasteiger partial charge is 0.202 e. The summed E-state index contributed by atoms with van der Waals surface area (Å²) in [5, 5.41) is 7.79. The fraction of sp³-hybridized carbons (Fsp3) is 0.818. The molecule has 90 valence electrons. The van der Waals surface area contributed by atoms with E-state index in [4.69, 9.17) is 0 Å². The van der Waals surface area contributed by atoms with E-state index in [0.717, 1.165) is 37.0 Å². The van der Waals surface area contributed by atoms with Gasteiger partial charge in [0.25, 0.3) is 0 Å². The summed E-state index contributed by atoms with van der Waals surface area (Å²) in [6.45, 7) is 7.71. The van der Waals surface area contributed by atoms with E-state index in [1.807, 2.05) is 0 Å². The van der Waals surface area contributed by atoms with Gasteiger partial charge in [0.15, 0.2) is 0 Å². The van der Waals surface area contributed by atoms with E-state index in [1.54, 1.807) is 0 Å². The van der Waals surface area contributed by atoms with E-state index >= 15 is 0 Å². The zero-order valence-electron chi connectivity index (χ0n) is 10.0. The van der Waals surface area contributed by atoms with Crippen LogP contribution in [-0.4, -0.2) is 29.0 Å². The molecule has 1 aromatic heterocycles. The van der Waals surface area contributed by atoms with Gasteiger partial charge in [-0.05, 0) is 31.3 Å². The summed E-state index contributed by atoms with van der Waals surface area (Å²) in [5.74, 6) is 0.947. The van der Waals surface area contributed by atoms with E-state index < -0.39 is 0 Å². The molecule has 0 saturated carbocycles. The van der Waals surface area contributed by atoms with Crippen LogP contribution >= 0.6 is 11.5 Å². The molecule has 0 aromatic carbocycles. The molecule has 5 heteroatoms. The molecule has 2 rings (SSSR count). The highest BCUT2D eigenvalue weighted by Gasteiger charge is 2.26. The minimum Gasteiger partial charge on any atom is -0.360 e. The normalized spacial score (nSPS) is 19.6. The average Bonchev–Trinajstić information content (AvgIpc) is 2.75. The highest BCUT2D eigenvalue weighted by atomic mass is 32.1. The number of aromatic nitrogens is 2. The maximum atomic E-state index is 4.42. The number of hydrogen-bond donors (Lipinski definition) is 2. The predicted molar refractivity (Wildman–Crippen MR) is 68.0 cm³/mol. The molecule has 0 unspecified atom stereocenters. The van der Waals surface area contributed by atoms with Crippen molar-refractivity contribution in [2.75, 3.05) is 25.0 Å². The molecule has 0 amide bonds. The van der Waals surface area contributed by atoms with Crippen LogP contribution in [0.4, 0.5) is 5.13 Å². The second kappa shape index (κ2) is 5.10. The third-order valence-corrected chi connectivity index (χ3v) is 3.97. The number of hydrogen-bond acceptors (Lipinski definition) is 5. The van der Waals surface area contributed by atoms with Crippen LogP contribution in [0.15, 0.2) is 0 Å². The van der Waals surface area contributed by atoms with Gasteiger partial charge in [0.05, 0.1) is 0 Å². The molecule has 1 aliphatic heterocycles. The van der Waals surface area contributed by atoms with Crippen LogP contribution in [0.2, 0.25) is 0 Å². The minimum atomic E-state index is 0.406. The van der Waals surface area contributed by atoms with Crippen LogP contribution in [0.3, 0.4) is 0 Å². The number of nitrogens with one attached hydrogen (secondary N) is 2. The van der Waals surface area contributed by atoms with Crippen molar-refractivity contribution in [3.63, 3.8) is 0 Å². The molecule has 1 saturated heterocycles. The van der Waals surface area contributed by atoms with Gasteiger partial charge in [-0.1, -0.05) is 13.8 Å². The van der Waals surface area contributed by atoms with Crippen LogP contribution in [0.1, 0.15) is 32.5 Å². The lowest BCUT2D eigenvalue weighted by atomic mass is 9.81. The Labute approximate surface area is 101 Å². The Morgan fingerprint density at radius 2 is 2.19 bits per heavy atom. The molecule has 2 heterocycles. The lowest BCUT2D eigenvalue weighted by molar-refractivity contribution is 0.247. The zero-order chi connectivity index (χ0) is 11.4. The quantitative estimate of drug-likeness (QED) is 0.844. The molecule has 16 heavy (non-hydrogen) atoms. The second-order valence-corrected chi connectivity index (χ2v) is 5.54. The Morgan fingerprint density at radius 1 is 1.44 bits per heavy atom. The van der Waals surface area contributed by atoms with Crippen LogP contribution in [0, 0.1) is 5.41 Å². The summed E-state index contributed by atoms with van der Waals surface area (Å²) in [4.78, 5) is 4.42. The van der Waals surface area contributed by atoms with Gasteiger partial charge < -0.3 is 10.6 Å². The number of aryl methyl sites for hydroxylation is 1. The Morgan fingerprint density at radius 3 is 2.81 bits per heavy atom. The van der Waals surface area contributed by atoms with E-state index in [-0.39, 0.29) is 0 Å². The molecule has 0 atom stereocenters. The van der Waals surface area contributed by atoms with Gasteiger partial charge in [0.2, 0.25) is 5.13 Å². The monoisotopic (exact) mass is 240 g/mol. The van der Waals surface area contributed by atoms with Crippen LogP contribution in [-0.2, 0) is 6.42 Å². The van der Waals surface area contributed by atoms with Crippen LogP contribution in [0.25, 0.3) is 0 Å². The summed E-state index contributed by atoms with van der Waals surface area (Å²) in [6, 6.07) is 0. The van der Waals surface area contributed by atoms with Crippen molar-refractivity contribution >= 4 is 16.7 Å². The summed E-state index contributed by atoms with van der Waals surface area (Å²) in [5.41, 5.74) is 0.406. The van der Waals surface area contributed by atoms with Crippen molar-refractivity contribution in [3.05, 3.63) is 5.82 Å². The minimum absolute atomic E-state index is 0.406. The SMILES string of the molecule is CCc1nsc(NCC2(C)CCNCC2)n1. The summed E-state index contributed by atoms with van der Waals surface area (Å²) >= 11 is 1.47. The fourth-order valence-corrected chi connectivity index (χ4v) is 2.61. The number of anilines is 1. The van der Waals surface area contributed by atoms with Gasteiger partial charge in [0, 0.05) is 24.5 Å². The van der Waals surface area contributed by atoms with Crippen molar-refractivity contribution in [2.45, 2.75) is 33.1 Å². The molecular formula is C11H20N4S. The molecular weight excluding hydrogens is 220 g/mol. The largest absolute Gasteiger partial charge is 0.360 e. The van der Waals surface area contributed by atoms with Crippen molar-refractivity contribution in [3.8, 4) is 0 Å². The first kappa shape index (κ1) is 11.8. The summed E-state index contributed by atoms with van der Waals surface area (Å²) in [6.07, 6.45) is 3.39. The average molecular weight is 240 g/mol. The van der Waals surface area contributed by atoms with Gasteiger partial charge in [0.1, 0.15) is 5.82 Å². The van der Waals surface area contributed by atoms with Crippen LogP contribution < -0.4 is 10.6 Å². The summed E-state index contributed by atoms with van der Waals surface area (Å²) in [7, 11) is 0. The first-order chi connectivity index (χ1) is 7.72. The molecule has 0 radical (unpaired) electrons. The van der Waals surface area contributed by atoms with E-state index in [1.165, 1.54) is 24.4 Å². The fourth-order valence-electron chi connectivity index (χ4n) is 1.97. The van der Waals surface area contributed by atoms with Crippen molar-refractivity contribution in [1.82, 2.24) is 14.7 Å². The van der Waals surface area contributed by atoms with E-state index in [2.05, 4.69) is 33.8 Å². The maximum absolute atomic E-state index is 4.42. The molecule has 0 bridgehead atoms. The molecule has 0 spiro atoms. The molecule has 4 nitrogen and oxygen atoms in total. The van der Waals surface area contributed by atoms with Crippen LogP contribution in [0.5, 0.6) is 0 Å². The lowest BCUT2D eigenvalue weighted by Crippen LogP contribution is -2.39. The van der Waals surface area contributed by atoms with E-state index in [0.29, 0.717) is 5.41 Å². The van der Waals surface area contributed by atoms with E-state index in [9.17, 15) is 0 Å². The first-order valence-corrected chi connectivity index (χ1v) is 6.76. The lowest BCUT2D eigenvalue weighted by Gasteiger charge is -2.33. The maximum Gasteiger partial charge on any atom is 0.202 e. The Kier molecular flexibility index (Phi) is 3.76. The second-order valence-electron chi connectivity index (χ2n) is 4.78. The predicted octanol–water partition coefficient (Wildman–Crippen LogP) is 1.90. The number of piperidine rings is 1. The third-order valence-electron chi connectivity index (χ3n) is 3.26. The highest BCUT2D eigenvalue weighted by Crippen LogP contribution is 2.28. The standard InChI is InChI=1S/C11H20N4S/c1-3-9-14-10(16-15-9)13-8-11(2)4-6-12-7-5-11/h12H,3-8H2,1-2H3,(H,13,14,15). The van der Waals surface area contributed by atoms with Gasteiger partial charge in [-0.3, -0.25) is 0 Å². The Bertz CT molecular complexity index is 330. The zero-order valence-corrected chi connectivity index (χ0v) is 10.9. The van der Waals surface area contributed by atoms with Crippen molar-refractivity contribution < 1.29 is 0 Å². The van der Waals surface area contributed by atoms with Gasteiger partial charge >= 0.3 is 0 Å².